The molecular formula is C23H18F5N7O. The second kappa shape index (κ2) is 8.07. The van der Waals surface area contributed by atoms with E-state index in [1.165, 1.54) is 10.6 Å². The van der Waals surface area contributed by atoms with Crippen molar-refractivity contribution in [2.45, 2.75) is 50.2 Å². The highest BCUT2D eigenvalue weighted by molar-refractivity contribution is 5.93. The van der Waals surface area contributed by atoms with E-state index in [1.54, 1.807) is 29.1 Å². The van der Waals surface area contributed by atoms with E-state index in [2.05, 4.69) is 25.3 Å². The minimum absolute atomic E-state index is 0.0649. The summed E-state index contributed by atoms with van der Waals surface area (Å²) in [4.78, 5) is 8.08. The number of imidazole rings is 1. The lowest BCUT2D eigenvalue weighted by Crippen LogP contribution is -2.34. The summed E-state index contributed by atoms with van der Waals surface area (Å²) in [6.07, 6.45) is 3.53. The summed E-state index contributed by atoms with van der Waals surface area (Å²) in [6.45, 7) is 0. The standard InChI is InChI=1S/C23H18F5N7O/c24-22(25,23(26,27)28)18-10-15(16-8-9-35(33-16)13-4-2-1-3-5-13)14-6-7-19-30-17(21-32-29-12-36-21)11-34(19)20(14)31-18/h6-13H,1-5H2. The lowest BCUT2D eigenvalue weighted by Gasteiger charge is -2.22. The molecule has 13 heteroatoms. The third-order valence-corrected chi connectivity index (χ3v) is 6.49. The van der Waals surface area contributed by atoms with Crippen molar-refractivity contribution in [2.24, 2.45) is 0 Å². The molecule has 0 radical (unpaired) electrons. The number of pyridine rings is 2. The van der Waals surface area contributed by atoms with Crippen molar-refractivity contribution < 1.29 is 26.4 Å². The predicted octanol–water partition coefficient (Wildman–Crippen LogP) is 5.96. The summed E-state index contributed by atoms with van der Waals surface area (Å²) < 4.78 is 77.4. The summed E-state index contributed by atoms with van der Waals surface area (Å²) in [6, 6.07) is 5.74. The fraction of sp³-hybridized carbons (Fsp3) is 0.348. The van der Waals surface area contributed by atoms with Gasteiger partial charge in [-0.15, -0.1) is 10.2 Å². The molecule has 186 valence electrons. The van der Waals surface area contributed by atoms with E-state index >= 15 is 0 Å². The Hall–Kier alpha value is -3.90. The van der Waals surface area contributed by atoms with Crippen LogP contribution in [0.15, 0.2) is 47.5 Å². The van der Waals surface area contributed by atoms with Crippen molar-refractivity contribution in [2.75, 3.05) is 0 Å². The summed E-state index contributed by atoms with van der Waals surface area (Å²) in [7, 11) is 0. The average molecular weight is 503 g/mol. The highest BCUT2D eigenvalue weighted by atomic mass is 19.4. The highest BCUT2D eigenvalue weighted by Gasteiger charge is 2.60. The van der Waals surface area contributed by atoms with Gasteiger partial charge in [0.15, 0.2) is 0 Å². The quantitative estimate of drug-likeness (QED) is 0.282. The number of aromatic nitrogens is 7. The van der Waals surface area contributed by atoms with Crippen molar-refractivity contribution in [3.63, 3.8) is 0 Å². The van der Waals surface area contributed by atoms with Gasteiger partial charge in [-0.25, -0.2) is 9.97 Å². The van der Waals surface area contributed by atoms with E-state index in [-0.39, 0.29) is 40.2 Å². The average Bonchev–Trinajstić information content (AvgIpc) is 3.63. The molecule has 0 unspecified atom stereocenters. The van der Waals surface area contributed by atoms with Crippen molar-refractivity contribution >= 4 is 16.7 Å². The van der Waals surface area contributed by atoms with Crippen LogP contribution in [-0.4, -0.2) is 40.5 Å². The Morgan fingerprint density at radius 1 is 0.944 bits per heavy atom. The fourth-order valence-corrected chi connectivity index (χ4v) is 4.67. The largest absolute Gasteiger partial charge is 0.459 e. The molecule has 5 aromatic rings. The van der Waals surface area contributed by atoms with Crippen molar-refractivity contribution in [3.05, 3.63) is 48.7 Å². The maximum Gasteiger partial charge on any atom is 0.459 e. The zero-order valence-corrected chi connectivity index (χ0v) is 18.6. The van der Waals surface area contributed by atoms with Gasteiger partial charge in [0.05, 0.1) is 11.7 Å². The Kier molecular flexibility index (Phi) is 5.05. The Morgan fingerprint density at radius 2 is 1.75 bits per heavy atom. The van der Waals surface area contributed by atoms with Gasteiger partial charge in [-0.05, 0) is 37.1 Å². The van der Waals surface area contributed by atoms with Crippen LogP contribution < -0.4 is 0 Å². The topological polar surface area (TPSA) is 86.9 Å². The monoisotopic (exact) mass is 503 g/mol. The first kappa shape index (κ1) is 22.6. The van der Waals surface area contributed by atoms with Gasteiger partial charge in [0.25, 0.3) is 5.89 Å². The lowest BCUT2D eigenvalue weighted by atomic mass is 9.96. The summed E-state index contributed by atoms with van der Waals surface area (Å²) in [5.41, 5.74) is -0.681. The third-order valence-electron chi connectivity index (χ3n) is 6.49. The molecule has 1 aliphatic carbocycles. The van der Waals surface area contributed by atoms with Gasteiger partial charge >= 0.3 is 12.1 Å². The number of nitrogens with zero attached hydrogens (tertiary/aromatic N) is 7. The second-order valence-corrected chi connectivity index (χ2v) is 8.77. The second-order valence-electron chi connectivity index (χ2n) is 8.77. The van der Waals surface area contributed by atoms with Gasteiger partial charge < -0.3 is 4.42 Å². The molecule has 1 fully saturated rings. The first-order valence-corrected chi connectivity index (χ1v) is 11.3. The van der Waals surface area contributed by atoms with Crippen LogP contribution in [0.4, 0.5) is 22.0 Å². The summed E-state index contributed by atoms with van der Waals surface area (Å²) in [5, 5.41) is 12.3. The predicted molar refractivity (Wildman–Crippen MR) is 117 cm³/mol. The number of hydrogen-bond donors (Lipinski definition) is 0. The molecular weight excluding hydrogens is 485 g/mol. The molecule has 0 atom stereocenters. The van der Waals surface area contributed by atoms with Crippen LogP contribution >= 0.6 is 0 Å². The molecule has 5 heterocycles. The SMILES string of the molecule is FC(F)(F)C(F)(F)c1cc(-c2ccn(C3CCCCC3)n2)c2ccc3nc(-c4nnco4)cn3c2n1. The van der Waals surface area contributed by atoms with Crippen LogP contribution in [0.5, 0.6) is 0 Å². The molecule has 6 rings (SSSR count). The van der Waals surface area contributed by atoms with Crippen LogP contribution in [-0.2, 0) is 5.92 Å². The van der Waals surface area contributed by atoms with Gasteiger partial charge in [-0.1, -0.05) is 19.3 Å². The molecule has 0 N–H and O–H groups in total. The van der Waals surface area contributed by atoms with Gasteiger partial charge in [-0.3, -0.25) is 9.08 Å². The Labute approximate surface area is 199 Å². The zero-order chi connectivity index (χ0) is 25.1. The smallest absolute Gasteiger partial charge is 0.422 e. The maximum atomic E-state index is 14.5. The lowest BCUT2D eigenvalue weighted by molar-refractivity contribution is -0.290. The molecule has 8 nitrogen and oxygen atoms in total. The van der Waals surface area contributed by atoms with Crippen molar-refractivity contribution in [3.8, 4) is 22.8 Å². The first-order chi connectivity index (χ1) is 17.2. The van der Waals surface area contributed by atoms with Gasteiger partial charge in [-0.2, -0.15) is 27.1 Å². The minimum atomic E-state index is -5.83. The van der Waals surface area contributed by atoms with Crippen LogP contribution in [0.2, 0.25) is 0 Å². The van der Waals surface area contributed by atoms with Crippen molar-refractivity contribution in [1.82, 2.24) is 34.3 Å². The molecule has 0 spiro atoms. The fourth-order valence-electron chi connectivity index (χ4n) is 4.67. The zero-order valence-electron chi connectivity index (χ0n) is 18.6. The Bertz CT molecular complexity index is 1550. The normalized spacial score (nSPS) is 15.8. The molecule has 0 amide bonds. The van der Waals surface area contributed by atoms with E-state index in [4.69, 9.17) is 4.42 Å². The third kappa shape index (κ3) is 3.60. The Balaban J connectivity index is 1.58. The van der Waals surface area contributed by atoms with Gasteiger partial charge in [0, 0.05) is 23.3 Å². The number of fused-ring (bicyclic) bond motifs is 3. The number of hydrogen-bond acceptors (Lipinski definition) is 6. The molecule has 36 heavy (non-hydrogen) atoms. The minimum Gasteiger partial charge on any atom is -0.422 e. The van der Waals surface area contributed by atoms with Crippen molar-refractivity contribution in [1.29, 1.82) is 0 Å². The van der Waals surface area contributed by atoms with Crippen LogP contribution in [0, 0.1) is 0 Å². The van der Waals surface area contributed by atoms with E-state index < -0.39 is 17.8 Å². The highest BCUT2D eigenvalue weighted by Crippen LogP contribution is 2.45. The number of rotatable bonds is 4. The first-order valence-electron chi connectivity index (χ1n) is 11.3. The van der Waals surface area contributed by atoms with E-state index in [0.29, 0.717) is 5.39 Å². The maximum absolute atomic E-state index is 14.5. The molecule has 0 bridgehead atoms. The molecule has 1 saturated carbocycles. The van der Waals surface area contributed by atoms with E-state index in [9.17, 15) is 22.0 Å². The molecule has 5 aromatic heterocycles. The number of halogens is 5. The summed E-state index contributed by atoms with van der Waals surface area (Å²) in [5.74, 6) is -5.12. The van der Waals surface area contributed by atoms with Gasteiger partial charge in [0.2, 0.25) is 6.39 Å². The molecule has 0 aliphatic heterocycles. The van der Waals surface area contributed by atoms with Crippen LogP contribution in [0.1, 0.15) is 43.8 Å². The van der Waals surface area contributed by atoms with Crippen LogP contribution in [0.3, 0.4) is 0 Å². The molecule has 0 saturated heterocycles. The number of alkyl halides is 5. The van der Waals surface area contributed by atoms with Gasteiger partial charge in [0.1, 0.15) is 22.7 Å². The van der Waals surface area contributed by atoms with E-state index in [1.807, 2.05) is 0 Å². The molecule has 1 aliphatic rings. The van der Waals surface area contributed by atoms with E-state index in [0.717, 1.165) is 44.6 Å². The van der Waals surface area contributed by atoms with Crippen LogP contribution in [0.25, 0.3) is 39.5 Å². The Morgan fingerprint density at radius 3 is 2.47 bits per heavy atom. The summed E-state index contributed by atoms with van der Waals surface area (Å²) >= 11 is 0. The molecule has 0 aromatic carbocycles.